The van der Waals surface area contributed by atoms with Crippen molar-refractivity contribution < 1.29 is 19.4 Å². The molecule has 1 rings (SSSR count). The second-order valence-corrected chi connectivity index (χ2v) is 3.91. The Kier molecular flexibility index (Phi) is 5.54. The monoisotopic (exact) mass is 272 g/mol. The number of carbonyl (C=O) groups is 2. The highest BCUT2D eigenvalue weighted by molar-refractivity contribution is 6.29. The summed E-state index contributed by atoms with van der Waals surface area (Å²) in [5, 5.41) is 11.2. The van der Waals surface area contributed by atoms with Crippen LogP contribution in [0.4, 0.5) is 0 Å². The first-order valence-electron chi connectivity index (χ1n) is 5.21. The highest BCUT2D eigenvalue weighted by Gasteiger charge is 2.07. The molecular formula is C11H13ClN2O4. The number of aromatic nitrogens is 1. The fraction of sp³-hybridized carbons (Fsp3) is 0.364. The molecule has 0 unspecified atom stereocenters. The SMILES string of the molecule is Cc1cc(C(=O)NCCOCC(=O)O)cc(Cl)n1. The van der Waals surface area contributed by atoms with Crippen molar-refractivity contribution in [2.75, 3.05) is 19.8 Å². The Morgan fingerprint density at radius 3 is 2.83 bits per heavy atom. The van der Waals surface area contributed by atoms with Crippen molar-refractivity contribution in [2.24, 2.45) is 0 Å². The van der Waals surface area contributed by atoms with Gasteiger partial charge in [0.15, 0.2) is 0 Å². The summed E-state index contributed by atoms with van der Waals surface area (Å²) in [4.78, 5) is 25.8. The van der Waals surface area contributed by atoms with E-state index in [1.165, 1.54) is 6.07 Å². The second-order valence-electron chi connectivity index (χ2n) is 3.52. The molecule has 0 aliphatic rings. The van der Waals surface area contributed by atoms with Gasteiger partial charge in [0.05, 0.1) is 6.61 Å². The molecule has 0 fully saturated rings. The van der Waals surface area contributed by atoms with Crippen molar-refractivity contribution in [1.82, 2.24) is 10.3 Å². The molecule has 6 nitrogen and oxygen atoms in total. The highest BCUT2D eigenvalue weighted by Crippen LogP contribution is 2.09. The Balaban J connectivity index is 2.38. The Hall–Kier alpha value is -1.66. The van der Waals surface area contributed by atoms with E-state index in [0.29, 0.717) is 11.3 Å². The van der Waals surface area contributed by atoms with Crippen LogP contribution in [0.15, 0.2) is 12.1 Å². The summed E-state index contributed by atoms with van der Waals surface area (Å²) >= 11 is 5.73. The number of halogens is 1. The number of ether oxygens (including phenoxy) is 1. The summed E-state index contributed by atoms with van der Waals surface area (Å²) < 4.78 is 4.78. The van der Waals surface area contributed by atoms with E-state index >= 15 is 0 Å². The lowest BCUT2D eigenvalue weighted by molar-refractivity contribution is -0.142. The molecule has 1 heterocycles. The van der Waals surface area contributed by atoms with Crippen molar-refractivity contribution in [3.8, 4) is 0 Å². The maximum absolute atomic E-state index is 11.7. The first kappa shape index (κ1) is 14.4. The third-order valence-electron chi connectivity index (χ3n) is 1.94. The number of amides is 1. The van der Waals surface area contributed by atoms with Crippen molar-refractivity contribution in [3.63, 3.8) is 0 Å². The van der Waals surface area contributed by atoms with Crippen LogP contribution in [0, 0.1) is 6.92 Å². The highest BCUT2D eigenvalue weighted by atomic mass is 35.5. The van der Waals surface area contributed by atoms with Crippen LogP contribution in [0.1, 0.15) is 16.1 Å². The van der Waals surface area contributed by atoms with Gasteiger partial charge >= 0.3 is 5.97 Å². The van der Waals surface area contributed by atoms with Gasteiger partial charge in [0, 0.05) is 17.8 Å². The largest absolute Gasteiger partial charge is 0.480 e. The zero-order chi connectivity index (χ0) is 13.5. The number of nitrogens with zero attached hydrogens (tertiary/aromatic N) is 1. The lowest BCUT2D eigenvalue weighted by Crippen LogP contribution is -2.28. The maximum Gasteiger partial charge on any atom is 0.329 e. The summed E-state index contributed by atoms with van der Waals surface area (Å²) in [6, 6.07) is 3.07. The second kappa shape index (κ2) is 6.93. The number of hydrogen-bond acceptors (Lipinski definition) is 4. The topological polar surface area (TPSA) is 88.5 Å². The molecule has 1 aromatic heterocycles. The predicted molar refractivity (Wildman–Crippen MR) is 64.8 cm³/mol. The maximum atomic E-state index is 11.7. The molecule has 0 atom stereocenters. The van der Waals surface area contributed by atoms with Crippen LogP contribution in [0.2, 0.25) is 5.15 Å². The van der Waals surface area contributed by atoms with E-state index in [1.807, 2.05) is 0 Å². The summed E-state index contributed by atoms with van der Waals surface area (Å²) in [7, 11) is 0. The summed E-state index contributed by atoms with van der Waals surface area (Å²) in [6.45, 7) is 1.72. The van der Waals surface area contributed by atoms with Crippen molar-refractivity contribution >= 4 is 23.5 Å². The quantitative estimate of drug-likeness (QED) is 0.593. The third kappa shape index (κ3) is 5.11. The minimum Gasteiger partial charge on any atom is -0.480 e. The molecule has 0 aromatic carbocycles. The van der Waals surface area contributed by atoms with Gasteiger partial charge < -0.3 is 15.2 Å². The first-order chi connectivity index (χ1) is 8.49. The third-order valence-corrected chi connectivity index (χ3v) is 2.14. The van der Waals surface area contributed by atoms with Gasteiger partial charge in [-0.1, -0.05) is 11.6 Å². The summed E-state index contributed by atoms with van der Waals surface area (Å²) in [5.41, 5.74) is 1.06. The first-order valence-corrected chi connectivity index (χ1v) is 5.59. The Morgan fingerprint density at radius 2 is 2.22 bits per heavy atom. The Bertz CT molecular complexity index is 430. The van der Waals surface area contributed by atoms with Gasteiger partial charge in [-0.3, -0.25) is 4.79 Å². The average Bonchev–Trinajstić information content (AvgIpc) is 2.26. The van der Waals surface area contributed by atoms with E-state index in [2.05, 4.69) is 10.3 Å². The van der Waals surface area contributed by atoms with Crippen LogP contribution in [-0.4, -0.2) is 41.7 Å². The number of aliphatic carboxylic acids is 1. The number of hydrogen-bond donors (Lipinski definition) is 2. The van der Waals surface area contributed by atoms with E-state index in [0.717, 1.165) is 0 Å². The van der Waals surface area contributed by atoms with Crippen molar-refractivity contribution in [2.45, 2.75) is 6.92 Å². The molecule has 98 valence electrons. The molecule has 0 saturated heterocycles. The van der Waals surface area contributed by atoms with Gasteiger partial charge in [-0.15, -0.1) is 0 Å². The van der Waals surface area contributed by atoms with Crippen LogP contribution in [0.5, 0.6) is 0 Å². The summed E-state index contributed by atoms with van der Waals surface area (Å²) in [6.07, 6.45) is 0. The smallest absolute Gasteiger partial charge is 0.329 e. The lowest BCUT2D eigenvalue weighted by Gasteiger charge is -2.06. The van der Waals surface area contributed by atoms with E-state index in [4.69, 9.17) is 21.4 Å². The number of carboxylic acid groups (broad SMARTS) is 1. The number of nitrogens with one attached hydrogen (secondary N) is 1. The van der Waals surface area contributed by atoms with E-state index in [1.54, 1.807) is 13.0 Å². The van der Waals surface area contributed by atoms with Crippen LogP contribution >= 0.6 is 11.6 Å². The van der Waals surface area contributed by atoms with Gasteiger partial charge in [-0.25, -0.2) is 9.78 Å². The molecule has 7 heteroatoms. The number of pyridine rings is 1. The summed E-state index contributed by atoms with van der Waals surface area (Å²) in [5.74, 6) is -1.35. The van der Waals surface area contributed by atoms with Crippen molar-refractivity contribution in [3.05, 3.63) is 28.5 Å². The van der Waals surface area contributed by atoms with Crippen LogP contribution < -0.4 is 5.32 Å². The molecule has 0 aliphatic carbocycles. The van der Waals surface area contributed by atoms with Gasteiger partial charge in [-0.2, -0.15) is 0 Å². The van der Waals surface area contributed by atoms with E-state index in [9.17, 15) is 9.59 Å². The van der Waals surface area contributed by atoms with Gasteiger partial charge in [0.25, 0.3) is 5.91 Å². The van der Waals surface area contributed by atoms with Gasteiger partial charge in [0.1, 0.15) is 11.8 Å². The fourth-order valence-corrected chi connectivity index (χ4v) is 1.51. The molecule has 0 bridgehead atoms. The Morgan fingerprint density at radius 1 is 1.50 bits per heavy atom. The van der Waals surface area contributed by atoms with Crippen LogP contribution in [0.3, 0.4) is 0 Å². The standard InChI is InChI=1S/C11H13ClN2O4/c1-7-4-8(5-9(12)14-7)11(17)13-2-3-18-6-10(15)16/h4-5H,2-3,6H2,1H3,(H,13,17)(H,15,16). The molecule has 2 N–H and O–H groups in total. The zero-order valence-corrected chi connectivity index (χ0v) is 10.5. The molecule has 0 aliphatic heterocycles. The van der Waals surface area contributed by atoms with Crippen LogP contribution in [0.25, 0.3) is 0 Å². The predicted octanol–water partition coefficient (Wildman–Crippen LogP) is 0.874. The minimum absolute atomic E-state index is 0.135. The molecule has 1 aromatic rings. The van der Waals surface area contributed by atoms with Gasteiger partial charge in [0.2, 0.25) is 0 Å². The molecule has 0 saturated carbocycles. The van der Waals surface area contributed by atoms with E-state index in [-0.39, 0.29) is 30.8 Å². The number of aryl methyl sites for hydroxylation is 1. The number of carboxylic acids is 1. The molecule has 0 spiro atoms. The molecule has 1 amide bonds. The Labute approximate surface area is 109 Å². The molecule has 0 radical (unpaired) electrons. The van der Waals surface area contributed by atoms with E-state index < -0.39 is 5.97 Å². The van der Waals surface area contributed by atoms with Crippen molar-refractivity contribution in [1.29, 1.82) is 0 Å². The van der Waals surface area contributed by atoms with Crippen LogP contribution in [-0.2, 0) is 9.53 Å². The fourth-order valence-electron chi connectivity index (χ4n) is 1.26. The zero-order valence-electron chi connectivity index (χ0n) is 9.77. The number of carbonyl (C=O) groups excluding carboxylic acids is 1. The number of rotatable bonds is 6. The van der Waals surface area contributed by atoms with Gasteiger partial charge in [-0.05, 0) is 19.1 Å². The molecule has 18 heavy (non-hydrogen) atoms. The normalized spacial score (nSPS) is 10.1. The lowest BCUT2D eigenvalue weighted by atomic mass is 10.2. The minimum atomic E-state index is -1.04. The molecular weight excluding hydrogens is 260 g/mol. The average molecular weight is 273 g/mol.